The Morgan fingerprint density at radius 3 is 2.52 bits per heavy atom. The van der Waals surface area contributed by atoms with Crippen LogP contribution in [0.15, 0.2) is 36.4 Å². The zero-order valence-electron chi connectivity index (χ0n) is 14.3. The fourth-order valence-electron chi connectivity index (χ4n) is 2.53. The molecule has 2 aromatic heterocycles. The first-order valence-corrected chi connectivity index (χ1v) is 8.31. The van der Waals surface area contributed by atoms with E-state index in [1.165, 1.54) is 18.2 Å². The van der Waals surface area contributed by atoms with Crippen molar-refractivity contribution in [3.63, 3.8) is 0 Å². The highest BCUT2D eigenvalue weighted by Gasteiger charge is 2.35. The summed E-state index contributed by atoms with van der Waals surface area (Å²) in [5, 5.41) is 6.37. The Morgan fingerprint density at radius 1 is 1.19 bits per heavy atom. The summed E-state index contributed by atoms with van der Waals surface area (Å²) in [5.74, 6) is -1.07. The molecule has 27 heavy (non-hydrogen) atoms. The molecule has 1 amide bonds. The van der Waals surface area contributed by atoms with Crippen LogP contribution in [0.25, 0.3) is 16.9 Å². The Morgan fingerprint density at radius 2 is 1.89 bits per heavy atom. The molecule has 9 heteroatoms. The summed E-state index contributed by atoms with van der Waals surface area (Å²) in [6.45, 7) is 2.36. The molecule has 0 bridgehead atoms. The second-order valence-electron chi connectivity index (χ2n) is 5.94. The van der Waals surface area contributed by atoms with Gasteiger partial charge in [0.1, 0.15) is 5.82 Å². The minimum atomic E-state index is -4.71. The normalized spacial score (nSPS) is 11.7. The SMILES string of the molecule is CCCCNC(=O)c1cc2nc(-c3ccc(F)cc3)cc(C(F)(F)F)n2n1. The number of carbonyl (C=O) groups excluding carboxylic acids is 1. The number of fused-ring (bicyclic) bond motifs is 1. The first-order valence-electron chi connectivity index (χ1n) is 8.31. The molecule has 0 saturated heterocycles. The fourth-order valence-corrected chi connectivity index (χ4v) is 2.53. The number of alkyl halides is 3. The van der Waals surface area contributed by atoms with Crippen molar-refractivity contribution in [3.8, 4) is 11.3 Å². The molecule has 0 atom stereocenters. The lowest BCUT2D eigenvalue weighted by molar-refractivity contribution is -0.142. The van der Waals surface area contributed by atoms with Crippen LogP contribution in [0, 0.1) is 5.82 Å². The van der Waals surface area contributed by atoms with Crippen molar-refractivity contribution in [2.24, 2.45) is 0 Å². The van der Waals surface area contributed by atoms with Crippen LogP contribution in [0.3, 0.4) is 0 Å². The van der Waals surface area contributed by atoms with Crippen LogP contribution >= 0.6 is 0 Å². The molecule has 0 spiro atoms. The number of nitrogens with zero attached hydrogens (tertiary/aromatic N) is 3. The molecule has 0 aliphatic heterocycles. The highest BCUT2D eigenvalue weighted by Crippen LogP contribution is 2.32. The maximum atomic E-state index is 13.5. The first-order chi connectivity index (χ1) is 12.8. The quantitative estimate of drug-likeness (QED) is 0.536. The van der Waals surface area contributed by atoms with E-state index in [0.717, 1.165) is 31.0 Å². The average Bonchev–Trinajstić information content (AvgIpc) is 3.05. The largest absolute Gasteiger partial charge is 0.433 e. The molecule has 1 aromatic carbocycles. The van der Waals surface area contributed by atoms with Crippen molar-refractivity contribution in [2.75, 3.05) is 6.54 Å². The number of amides is 1. The molecule has 0 aliphatic rings. The lowest BCUT2D eigenvalue weighted by Gasteiger charge is -2.11. The van der Waals surface area contributed by atoms with E-state index in [9.17, 15) is 22.4 Å². The average molecular weight is 380 g/mol. The van der Waals surface area contributed by atoms with Crippen molar-refractivity contribution in [2.45, 2.75) is 25.9 Å². The predicted octanol–water partition coefficient (Wildman–Crippen LogP) is 4.08. The Hall–Kier alpha value is -2.97. The number of benzene rings is 1. The van der Waals surface area contributed by atoms with E-state index < -0.39 is 23.6 Å². The summed E-state index contributed by atoms with van der Waals surface area (Å²) in [4.78, 5) is 16.3. The van der Waals surface area contributed by atoms with E-state index in [1.807, 2.05) is 6.92 Å². The van der Waals surface area contributed by atoms with Gasteiger partial charge in [-0.3, -0.25) is 4.79 Å². The molecule has 0 unspecified atom stereocenters. The van der Waals surface area contributed by atoms with Gasteiger partial charge in [-0.1, -0.05) is 13.3 Å². The van der Waals surface area contributed by atoms with Crippen molar-refractivity contribution in [3.05, 3.63) is 53.6 Å². The van der Waals surface area contributed by atoms with Crippen LogP contribution in [0.4, 0.5) is 17.6 Å². The van der Waals surface area contributed by atoms with Gasteiger partial charge in [-0.25, -0.2) is 13.9 Å². The standard InChI is InChI=1S/C18H16F4N4O/c1-2-3-8-23-17(27)14-10-16-24-13(11-4-6-12(19)7-5-11)9-15(18(20,21)22)26(16)25-14/h4-7,9-10H,2-3,8H2,1H3,(H,23,27). The zero-order valence-corrected chi connectivity index (χ0v) is 14.3. The van der Waals surface area contributed by atoms with Crippen molar-refractivity contribution in [1.82, 2.24) is 19.9 Å². The summed E-state index contributed by atoms with van der Waals surface area (Å²) in [5.41, 5.74) is -1.02. The van der Waals surface area contributed by atoms with E-state index in [-0.39, 0.29) is 17.0 Å². The number of aromatic nitrogens is 3. The molecule has 0 aliphatic carbocycles. The Bertz CT molecular complexity index is 964. The molecule has 5 nitrogen and oxygen atoms in total. The summed E-state index contributed by atoms with van der Waals surface area (Å²) >= 11 is 0. The molecular weight excluding hydrogens is 364 g/mol. The maximum absolute atomic E-state index is 13.5. The van der Waals surface area contributed by atoms with E-state index in [0.29, 0.717) is 16.6 Å². The van der Waals surface area contributed by atoms with Gasteiger partial charge in [0.15, 0.2) is 17.0 Å². The molecule has 0 fully saturated rings. The molecule has 142 valence electrons. The van der Waals surface area contributed by atoms with Gasteiger partial charge in [0.2, 0.25) is 0 Å². The van der Waals surface area contributed by atoms with Gasteiger partial charge in [0, 0.05) is 18.2 Å². The number of rotatable bonds is 5. The summed E-state index contributed by atoms with van der Waals surface area (Å²) < 4.78 is 54.1. The molecule has 2 heterocycles. The van der Waals surface area contributed by atoms with Crippen LogP contribution in [0.1, 0.15) is 35.9 Å². The molecule has 3 rings (SSSR count). The zero-order chi connectivity index (χ0) is 19.6. The molecule has 1 N–H and O–H groups in total. The number of carbonyl (C=O) groups is 1. The van der Waals surface area contributed by atoms with Crippen LogP contribution in [-0.2, 0) is 6.18 Å². The van der Waals surface area contributed by atoms with Crippen LogP contribution in [0.2, 0.25) is 0 Å². The fraction of sp³-hybridized carbons (Fsp3) is 0.278. The van der Waals surface area contributed by atoms with Crippen LogP contribution in [-0.4, -0.2) is 27.0 Å². The van der Waals surface area contributed by atoms with Gasteiger partial charge < -0.3 is 5.32 Å². The van der Waals surface area contributed by atoms with Gasteiger partial charge >= 0.3 is 6.18 Å². The summed E-state index contributed by atoms with van der Waals surface area (Å²) in [6.07, 6.45) is -3.09. The molecule has 0 saturated carbocycles. The third-order valence-electron chi connectivity index (χ3n) is 3.91. The minimum absolute atomic E-state index is 0.00710. The molecule has 0 radical (unpaired) electrons. The molecular formula is C18H16F4N4O. The van der Waals surface area contributed by atoms with Gasteiger partial charge in [-0.05, 0) is 36.8 Å². The Labute approximate surface area is 152 Å². The number of hydrogen-bond donors (Lipinski definition) is 1. The maximum Gasteiger partial charge on any atom is 0.433 e. The van der Waals surface area contributed by atoms with Crippen LogP contribution < -0.4 is 5.32 Å². The monoisotopic (exact) mass is 380 g/mol. The second kappa shape index (κ2) is 7.34. The van der Waals surface area contributed by atoms with Crippen molar-refractivity contribution < 1.29 is 22.4 Å². The van der Waals surface area contributed by atoms with E-state index in [4.69, 9.17) is 0 Å². The Balaban J connectivity index is 2.07. The van der Waals surface area contributed by atoms with Crippen LogP contribution in [0.5, 0.6) is 0 Å². The van der Waals surface area contributed by atoms with Gasteiger partial charge in [-0.2, -0.15) is 18.3 Å². The lowest BCUT2D eigenvalue weighted by atomic mass is 10.1. The van der Waals surface area contributed by atoms with Gasteiger partial charge in [0.25, 0.3) is 5.91 Å². The highest BCUT2D eigenvalue weighted by molar-refractivity contribution is 5.93. The predicted molar refractivity (Wildman–Crippen MR) is 90.6 cm³/mol. The minimum Gasteiger partial charge on any atom is -0.351 e. The van der Waals surface area contributed by atoms with Crippen molar-refractivity contribution >= 4 is 11.6 Å². The van der Waals surface area contributed by atoms with Gasteiger partial charge in [-0.15, -0.1) is 0 Å². The number of hydrogen-bond acceptors (Lipinski definition) is 3. The van der Waals surface area contributed by atoms with E-state index in [1.54, 1.807) is 0 Å². The molecule has 3 aromatic rings. The van der Waals surface area contributed by atoms with Crippen molar-refractivity contribution in [1.29, 1.82) is 0 Å². The number of nitrogens with one attached hydrogen (secondary N) is 1. The van der Waals surface area contributed by atoms with Gasteiger partial charge in [0.05, 0.1) is 5.69 Å². The Kier molecular flexibility index (Phi) is 5.11. The lowest BCUT2D eigenvalue weighted by Crippen LogP contribution is -2.25. The number of halogens is 4. The third-order valence-corrected chi connectivity index (χ3v) is 3.91. The summed E-state index contributed by atoms with van der Waals surface area (Å²) in [7, 11) is 0. The summed E-state index contributed by atoms with van der Waals surface area (Å²) in [6, 6.07) is 6.97. The second-order valence-corrected chi connectivity index (χ2v) is 5.94. The smallest absolute Gasteiger partial charge is 0.351 e. The highest BCUT2D eigenvalue weighted by atomic mass is 19.4. The van der Waals surface area contributed by atoms with E-state index in [2.05, 4.69) is 15.4 Å². The third kappa shape index (κ3) is 4.07. The first kappa shape index (κ1) is 18.8. The number of unbranched alkanes of at least 4 members (excludes halogenated alkanes) is 1. The van der Waals surface area contributed by atoms with E-state index >= 15 is 0 Å². The topological polar surface area (TPSA) is 59.3 Å².